The zero-order valence-electron chi connectivity index (χ0n) is 9.13. The molecule has 0 radical (unpaired) electrons. The highest BCUT2D eigenvalue weighted by Crippen LogP contribution is 2.14. The Balaban J connectivity index is 2.05. The van der Waals surface area contributed by atoms with Crippen LogP contribution in [-0.4, -0.2) is 13.4 Å². The minimum absolute atomic E-state index is 0.195. The van der Waals surface area contributed by atoms with E-state index in [1.165, 1.54) is 24.4 Å². The van der Waals surface area contributed by atoms with Gasteiger partial charge in [-0.2, -0.15) is 0 Å². The lowest BCUT2D eigenvalue weighted by atomic mass is 10.4. The third-order valence-corrected chi connectivity index (χ3v) is 2.87. The van der Waals surface area contributed by atoms with Crippen LogP contribution in [0.5, 0.6) is 0 Å². The normalized spacial score (nSPS) is 11.4. The summed E-state index contributed by atoms with van der Waals surface area (Å²) in [4.78, 5) is 3.66. The number of nitrogens with two attached hydrogens (primary N) is 1. The Labute approximate surface area is 103 Å². The van der Waals surface area contributed by atoms with Crippen LogP contribution in [0.1, 0.15) is 5.76 Å². The van der Waals surface area contributed by atoms with Gasteiger partial charge in [0, 0.05) is 6.07 Å². The third kappa shape index (κ3) is 3.05. The average molecular weight is 271 g/mol. The summed E-state index contributed by atoms with van der Waals surface area (Å²) in [5.41, 5.74) is 0.462. The second kappa shape index (κ2) is 4.75. The van der Waals surface area contributed by atoms with Crippen LogP contribution < -0.4 is 10.5 Å². The molecular formula is C10H10FN3O3S. The summed E-state index contributed by atoms with van der Waals surface area (Å²) in [5.74, 6) is -0.104. The first-order valence-electron chi connectivity index (χ1n) is 4.91. The number of halogens is 1. The topological polar surface area (TPSA) is 98.2 Å². The van der Waals surface area contributed by atoms with E-state index in [1.807, 2.05) is 0 Å². The second-order valence-electron chi connectivity index (χ2n) is 3.51. The molecule has 0 spiro atoms. The Morgan fingerprint density at radius 3 is 2.78 bits per heavy atom. The maximum absolute atomic E-state index is 12.8. The van der Waals surface area contributed by atoms with Gasteiger partial charge in [0.25, 0.3) is 10.0 Å². The van der Waals surface area contributed by atoms with E-state index in [1.54, 1.807) is 0 Å². The quantitative estimate of drug-likeness (QED) is 0.866. The molecule has 0 atom stereocenters. The summed E-state index contributed by atoms with van der Waals surface area (Å²) in [7, 11) is -3.84. The molecule has 2 aromatic heterocycles. The molecule has 0 saturated heterocycles. The van der Waals surface area contributed by atoms with Gasteiger partial charge in [-0.1, -0.05) is 0 Å². The number of hydrogen-bond donors (Lipinski definition) is 2. The first-order valence-corrected chi connectivity index (χ1v) is 6.46. The smallest absolute Gasteiger partial charge is 0.271 e. The van der Waals surface area contributed by atoms with Crippen molar-refractivity contribution >= 4 is 15.7 Å². The number of primary sulfonamides is 1. The van der Waals surface area contributed by atoms with Crippen molar-refractivity contribution in [3.63, 3.8) is 0 Å². The molecule has 0 amide bonds. The van der Waals surface area contributed by atoms with Gasteiger partial charge in [0.2, 0.25) is 5.09 Å². The van der Waals surface area contributed by atoms with Gasteiger partial charge in [-0.25, -0.2) is 17.9 Å². The maximum Gasteiger partial charge on any atom is 0.271 e. The summed E-state index contributed by atoms with van der Waals surface area (Å²) < 4.78 is 39.8. The van der Waals surface area contributed by atoms with Crippen LogP contribution in [0.3, 0.4) is 0 Å². The van der Waals surface area contributed by atoms with Crippen molar-refractivity contribution in [2.45, 2.75) is 11.6 Å². The van der Waals surface area contributed by atoms with Gasteiger partial charge in [-0.3, -0.25) is 4.98 Å². The molecule has 0 saturated carbocycles. The molecule has 3 N–H and O–H groups in total. The summed E-state index contributed by atoms with van der Waals surface area (Å²) in [6.45, 7) is 0.195. The fraction of sp³-hybridized carbons (Fsp3) is 0.100. The largest absolute Gasteiger partial charge is 0.446 e. The number of hydrogen-bond acceptors (Lipinski definition) is 5. The molecule has 0 aliphatic carbocycles. The molecule has 8 heteroatoms. The second-order valence-corrected chi connectivity index (χ2v) is 5.00. The van der Waals surface area contributed by atoms with Crippen molar-refractivity contribution in [1.82, 2.24) is 4.98 Å². The number of sulfonamides is 1. The van der Waals surface area contributed by atoms with E-state index in [0.29, 0.717) is 11.4 Å². The highest BCUT2D eigenvalue weighted by atomic mass is 32.2. The number of rotatable bonds is 4. The minimum atomic E-state index is -3.84. The first-order chi connectivity index (χ1) is 8.45. The lowest BCUT2D eigenvalue weighted by Gasteiger charge is -2.03. The van der Waals surface area contributed by atoms with Crippen LogP contribution in [0.15, 0.2) is 40.1 Å². The highest BCUT2D eigenvalue weighted by Gasteiger charge is 2.12. The summed E-state index contributed by atoms with van der Waals surface area (Å²) in [6, 6.07) is 3.99. The van der Waals surface area contributed by atoms with E-state index in [0.717, 1.165) is 6.20 Å². The van der Waals surface area contributed by atoms with Gasteiger partial charge in [-0.05, 0) is 12.1 Å². The molecule has 18 heavy (non-hydrogen) atoms. The van der Waals surface area contributed by atoms with Crippen molar-refractivity contribution in [2.75, 3.05) is 5.32 Å². The molecule has 0 fully saturated rings. The highest BCUT2D eigenvalue weighted by molar-refractivity contribution is 7.89. The van der Waals surface area contributed by atoms with E-state index < -0.39 is 15.8 Å². The molecule has 0 bridgehead atoms. The van der Waals surface area contributed by atoms with Crippen LogP contribution in [0, 0.1) is 5.82 Å². The zero-order valence-corrected chi connectivity index (χ0v) is 9.95. The molecule has 2 heterocycles. The summed E-state index contributed by atoms with van der Waals surface area (Å²) >= 11 is 0. The van der Waals surface area contributed by atoms with Crippen LogP contribution in [0.25, 0.3) is 0 Å². The lowest BCUT2D eigenvalue weighted by molar-refractivity contribution is 0.419. The van der Waals surface area contributed by atoms with E-state index in [-0.39, 0.29) is 11.6 Å². The summed E-state index contributed by atoms with van der Waals surface area (Å²) in [6.07, 6.45) is 2.52. The first kappa shape index (κ1) is 12.5. The Kier molecular flexibility index (Phi) is 3.30. The SMILES string of the molecule is NS(=O)(=O)c1ccc(CNc2cncc(F)c2)o1. The van der Waals surface area contributed by atoms with Crippen LogP contribution in [0.2, 0.25) is 0 Å². The number of nitrogens with zero attached hydrogens (tertiary/aromatic N) is 1. The van der Waals surface area contributed by atoms with E-state index in [9.17, 15) is 12.8 Å². The molecule has 0 unspecified atom stereocenters. The zero-order chi connectivity index (χ0) is 13.2. The molecule has 2 rings (SSSR count). The predicted octanol–water partition coefficient (Wildman–Crippen LogP) is 1.07. The Morgan fingerprint density at radius 2 is 2.17 bits per heavy atom. The van der Waals surface area contributed by atoms with Crippen molar-refractivity contribution in [3.8, 4) is 0 Å². The monoisotopic (exact) mass is 271 g/mol. The third-order valence-electron chi connectivity index (χ3n) is 2.09. The standard InChI is InChI=1S/C10H10FN3O3S/c11-7-3-8(5-13-4-7)14-6-9-1-2-10(17-9)18(12,15)16/h1-5,14H,6H2,(H2,12,15,16). The predicted molar refractivity (Wildman–Crippen MR) is 61.6 cm³/mol. The molecular weight excluding hydrogens is 261 g/mol. The Hall–Kier alpha value is -1.93. The van der Waals surface area contributed by atoms with Crippen molar-refractivity contribution in [2.24, 2.45) is 5.14 Å². The van der Waals surface area contributed by atoms with Gasteiger partial charge in [0.15, 0.2) is 0 Å². The summed E-state index contributed by atoms with van der Waals surface area (Å²) in [5, 5.41) is 7.42. The van der Waals surface area contributed by atoms with E-state index in [2.05, 4.69) is 10.3 Å². The number of furan rings is 1. The molecule has 0 aliphatic heterocycles. The van der Waals surface area contributed by atoms with Crippen molar-refractivity contribution < 1.29 is 17.2 Å². The van der Waals surface area contributed by atoms with E-state index >= 15 is 0 Å². The van der Waals surface area contributed by atoms with Crippen molar-refractivity contribution in [3.05, 3.63) is 42.2 Å². The van der Waals surface area contributed by atoms with E-state index in [4.69, 9.17) is 9.56 Å². The van der Waals surface area contributed by atoms with Crippen molar-refractivity contribution in [1.29, 1.82) is 0 Å². The van der Waals surface area contributed by atoms with Gasteiger partial charge < -0.3 is 9.73 Å². The number of anilines is 1. The Morgan fingerprint density at radius 1 is 1.39 bits per heavy atom. The molecule has 96 valence electrons. The molecule has 6 nitrogen and oxygen atoms in total. The van der Waals surface area contributed by atoms with Gasteiger partial charge in [0.1, 0.15) is 11.6 Å². The Bertz CT molecular complexity index is 654. The average Bonchev–Trinajstić information content (AvgIpc) is 2.74. The number of pyridine rings is 1. The number of nitrogens with one attached hydrogen (secondary N) is 1. The molecule has 0 aromatic carbocycles. The van der Waals surface area contributed by atoms with Gasteiger partial charge >= 0.3 is 0 Å². The van der Waals surface area contributed by atoms with Gasteiger partial charge in [0.05, 0.1) is 24.6 Å². The lowest BCUT2D eigenvalue weighted by Crippen LogP contribution is -2.10. The van der Waals surface area contributed by atoms with Crippen LogP contribution >= 0.6 is 0 Å². The molecule has 0 aliphatic rings. The number of aromatic nitrogens is 1. The maximum atomic E-state index is 12.8. The fourth-order valence-electron chi connectivity index (χ4n) is 1.30. The fourth-order valence-corrected chi connectivity index (χ4v) is 1.78. The van der Waals surface area contributed by atoms with Crippen LogP contribution in [0.4, 0.5) is 10.1 Å². The minimum Gasteiger partial charge on any atom is -0.446 e. The van der Waals surface area contributed by atoms with Crippen LogP contribution in [-0.2, 0) is 16.6 Å². The van der Waals surface area contributed by atoms with Gasteiger partial charge in [-0.15, -0.1) is 0 Å². The molecule has 2 aromatic rings.